The summed E-state index contributed by atoms with van der Waals surface area (Å²) in [5.41, 5.74) is 2.99. The predicted octanol–water partition coefficient (Wildman–Crippen LogP) is 3.56. The number of halogens is 2. The number of hydrogen-bond donors (Lipinski definition) is 1. The van der Waals surface area contributed by atoms with Crippen LogP contribution in [0.25, 0.3) is 0 Å². The summed E-state index contributed by atoms with van der Waals surface area (Å²) in [4.78, 5) is 50.4. The molecule has 0 saturated carbocycles. The third-order valence-corrected chi connectivity index (χ3v) is 5.57. The molecule has 0 radical (unpaired) electrons. The first-order valence-corrected chi connectivity index (χ1v) is 10.8. The van der Waals surface area contributed by atoms with Crippen molar-refractivity contribution in [2.45, 2.75) is 25.7 Å². The van der Waals surface area contributed by atoms with Gasteiger partial charge in [0.05, 0.1) is 5.56 Å². The molecule has 11 heteroatoms. The van der Waals surface area contributed by atoms with Crippen LogP contribution < -0.4 is 5.43 Å². The lowest BCUT2D eigenvalue weighted by Gasteiger charge is -2.31. The highest BCUT2D eigenvalue weighted by Crippen LogP contribution is 2.28. The Bertz CT molecular complexity index is 985. The van der Waals surface area contributed by atoms with E-state index in [1.807, 2.05) is 0 Å². The van der Waals surface area contributed by atoms with E-state index >= 15 is 0 Å². The van der Waals surface area contributed by atoms with E-state index in [9.17, 15) is 28.0 Å². The van der Waals surface area contributed by atoms with Crippen LogP contribution in [0.4, 0.5) is 13.6 Å². The number of benzene rings is 1. The fourth-order valence-electron chi connectivity index (χ4n) is 3.00. The summed E-state index contributed by atoms with van der Waals surface area (Å²) >= 11 is 1.27. The Morgan fingerprint density at radius 2 is 1.69 bits per heavy atom. The largest absolute Gasteiger partial charge is 0.436 e. The monoisotopic (exact) mass is 465 g/mol. The van der Waals surface area contributed by atoms with E-state index in [-0.39, 0.29) is 49.2 Å². The zero-order chi connectivity index (χ0) is 23.3. The molecule has 32 heavy (non-hydrogen) atoms. The lowest BCUT2D eigenvalue weighted by atomic mass is 10.0. The number of esters is 1. The molecule has 170 valence electrons. The standard InChI is InChI=1S/C21H21F2N3O5S/c1-2-26(20(30)31-19(29)16-7-12-32-13-16)24-17(27)14-3-5-15(6-4-14)18(28)25-10-8-21(22,23)9-11-25/h3-7,12-13H,2,8-11H2,1H3,(H,24,27). The van der Waals surface area contributed by atoms with Crippen LogP contribution in [0.3, 0.4) is 0 Å². The molecule has 0 bridgehead atoms. The Morgan fingerprint density at radius 1 is 1.06 bits per heavy atom. The van der Waals surface area contributed by atoms with Crippen molar-refractivity contribution in [2.24, 2.45) is 0 Å². The van der Waals surface area contributed by atoms with E-state index in [1.165, 1.54) is 51.9 Å². The second kappa shape index (κ2) is 9.86. The van der Waals surface area contributed by atoms with Crippen LogP contribution in [0.2, 0.25) is 0 Å². The molecule has 2 aromatic rings. The van der Waals surface area contributed by atoms with Crippen LogP contribution in [0.1, 0.15) is 50.8 Å². The molecule has 0 aliphatic carbocycles. The summed E-state index contributed by atoms with van der Waals surface area (Å²) in [5, 5.41) is 4.04. The van der Waals surface area contributed by atoms with Gasteiger partial charge in [0, 0.05) is 49.0 Å². The van der Waals surface area contributed by atoms with Crippen LogP contribution in [0, 0.1) is 0 Å². The van der Waals surface area contributed by atoms with Gasteiger partial charge in [-0.15, -0.1) is 0 Å². The number of carbonyl (C=O) groups is 4. The van der Waals surface area contributed by atoms with Crippen molar-refractivity contribution in [1.29, 1.82) is 0 Å². The molecule has 2 heterocycles. The molecule has 3 amide bonds. The molecule has 1 fully saturated rings. The second-order valence-corrected chi connectivity index (χ2v) is 7.86. The zero-order valence-corrected chi connectivity index (χ0v) is 18.0. The molecule has 1 aromatic heterocycles. The van der Waals surface area contributed by atoms with Gasteiger partial charge in [0.25, 0.3) is 17.7 Å². The Balaban J connectivity index is 1.58. The van der Waals surface area contributed by atoms with Crippen molar-refractivity contribution < 1.29 is 32.7 Å². The van der Waals surface area contributed by atoms with Gasteiger partial charge in [0.15, 0.2) is 0 Å². The number of nitrogens with one attached hydrogen (secondary N) is 1. The molecule has 3 rings (SSSR count). The minimum absolute atomic E-state index is 0.0360. The van der Waals surface area contributed by atoms with Crippen molar-refractivity contribution in [3.05, 3.63) is 57.8 Å². The Kier molecular flexibility index (Phi) is 7.18. The minimum Gasteiger partial charge on any atom is -0.371 e. The van der Waals surface area contributed by atoms with E-state index in [0.29, 0.717) is 0 Å². The Morgan fingerprint density at radius 3 is 2.25 bits per heavy atom. The number of rotatable bonds is 4. The highest BCUT2D eigenvalue weighted by atomic mass is 32.1. The van der Waals surface area contributed by atoms with Gasteiger partial charge >= 0.3 is 12.1 Å². The highest BCUT2D eigenvalue weighted by molar-refractivity contribution is 7.08. The summed E-state index contributed by atoms with van der Waals surface area (Å²) in [6.07, 6.45) is -1.79. The number of likely N-dealkylation sites (tertiary alicyclic amines) is 1. The molecule has 0 unspecified atom stereocenters. The summed E-state index contributed by atoms with van der Waals surface area (Å²) < 4.78 is 31.3. The van der Waals surface area contributed by atoms with E-state index in [2.05, 4.69) is 5.43 Å². The molecular formula is C21H21F2N3O5S. The first-order valence-electron chi connectivity index (χ1n) is 9.84. The van der Waals surface area contributed by atoms with E-state index in [1.54, 1.807) is 12.3 Å². The fraction of sp³-hybridized carbons (Fsp3) is 0.333. The van der Waals surface area contributed by atoms with Crippen LogP contribution in [0.5, 0.6) is 0 Å². The maximum absolute atomic E-state index is 13.3. The molecule has 0 atom stereocenters. The molecule has 1 aromatic carbocycles. The molecule has 0 spiro atoms. The van der Waals surface area contributed by atoms with E-state index < -0.39 is 29.8 Å². The first kappa shape index (κ1) is 23.3. The number of piperidine rings is 1. The predicted molar refractivity (Wildman–Crippen MR) is 112 cm³/mol. The van der Waals surface area contributed by atoms with E-state index in [4.69, 9.17) is 4.74 Å². The van der Waals surface area contributed by atoms with Crippen LogP contribution in [-0.2, 0) is 4.74 Å². The molecule has 1 aliphatic heterocycles. The maximum atomic E-state index is 13.3. The van der Waals surface area contributed by atoms with Crippen molar-refractivity contribution in [3.8, 4) is 0 Å². The fourth-order valence-corrected chi connectivity index (χ4v) is 3.62. The number of nitrogens with zero attached hydrogens (tertiary/aromatic N) is 2. The van der Waals surface area contributed by atoms with Crippen molar-refractivity contribution in [3.63, 3.8) is 0 Å². The van der Waals surface area contributed by atoms with Gasteiger partial charge in [-0.2, -0.15) is 11.3 Å². The summed E-state index contributed by atoms with van der Waals surface area (Å²) in [6.45, 7) is 1.55. The molecular weight excluding hydrogens is 444 g/mol. The smallest absolute Gasteiger partial charge is 0.371 e. The summed E-state index contributed by atoms with van der Waals surface area (Å²) in [5.74, 6) is -4.62. The lowest BCUT2D eigenvalue weighted by molar-refractivity contribution is -0.0494. The maximum Gasteiger partial charge on any atom is 0.436 e. The summed E-state index contributed by atoms with van der Waals surface area (Å²) in [7, 11) is 0. The lowest BCUT2D eigenvalue weighted by Crippen LogP contribution is -2.46. The molecule has 1 saturated heterocycles. The number of ether oxygens (including phenoxy) is 1. The van der Waals surface area contributed by atoms with Crippen molar-refractivity contribution in [1.82, 2.24) is 15.3 Å². The quantitative estimate of drug-likeness (QED) is 0.423. The van der Waals surface area contributed by atoms with E-state index in [0.717, 1.165) is 5.01 Å². The molecule has 1 aliphatic rings. The van der Waals surface area contributed by atoms with Gasteiger partial charge < -0.3 is 9.64 Å². The van der Waals surface area contributed by atoms with Crippen LogP contribution in [-0.4, -0.2) is 59.3 Å². The van der Waals surface area contributed by atoms with Gasteiger partial charge in [0.1, 0.15) is 0 Å². The molecule has 8 nitrogen and oxygen atoms in total. The van der Waals surface area contributed by atoms with Gasteiger partial charge in [-0.1, -0.05) is 0 Å². The average molecular weight is 465 g/mol. The minimum atomic E-state index is -2.75. The van der Waals surface area contributed by atoms with Gasteiger partial charge in [-0.3, -0.25) is 15.0 Å². The molecule has 1 N–H and O–H groups in total. The van der Waals surface area contributed by atoms with Crippen molar-refractivity contribution >= 4 is 35.2 Å². The first-order chi connectivity index (χ1) is 15.2. The topological polar surface area (TPSA) is 96.0 Å². The van der Waals surface area contributed by atoms with Gasteiger partial charge in [-0.25, -0.2) is 23.4 Å². The normalized spacial score (nSPS) is 15.0. The van der Waals surface area contributed by atoms with Gasteiger partial charge in [-0.05, 0) is 42.6 Å². The second-order valence-electron chi connectivity index (χ2n) is 7.08. The third kappa shape index (κ3) is 5.67. The highest BCUT2D eigenvalue weighted by Gasteiger charge is 2.35. The third-order valence-electron chi connectivity index (χ3n) is 4.89. The number of amides is 3. The van der Waals surface area contributed by atoms with Gasteiger partial charge in [0.2, 0.25) is 0 Å². The Hall–Kier alpha value is -3.34. The zero-order valence-electron chi connectivity index (χ0n) is 17.2. The Labute approximate surface area is 186 Å². The number of thiophene rings is 1. The summed E-state index contributed by atoms with van der Waals surface area (Å²) in [6, 6.07) is 7.11. The number of hydrazine groups is 1. The average Bonchev–Trinajstić information content (AvgIpc) is 3.32. The van der Waals surface area contributed by atoms with Crippen LogP contribution >= 0.6 is 11.3 Å². The number of alkyl halides is 2. The number of carbonyl (C=O) groups excluding carboxylic acids is 4. The number of hydrogen-bond acceptors (Lipinski definition) is 6. The van der Waals surface area contributed by atoms with Crippen molar-refractivity contribution in [2.75, 3.05) is 19.6 Å². The SMILES string of the molecule is CCN(NC(=O)c1ccc(C(=O)N2CCC(F)(F)CC2)cc1)C(=O)OC(=O)c1ccsc1. The van der Waals surface area contributed by atoms with Crippen LogP contribution in [0.15, 0.2) is 41.1 Å².